The lowest BCUT2D eigenvalue weighted by atomic mass is 10.1. The molecule has 1 rings (SSSR count). The fourth-order valence-corrected chi connectivity index (χ4v) is 1.67. The molecule has 8 nitrogen and oxygen atoms in total. The van der Waals surface area contributed by atoms with Crippen molar-refractivity contribution in [2.45, 2.75) is 11.2 Å². The lowest BCUT2D eigenvalue weighted by Gasteiger charge is -2.05. The first kappa shape index (κ1) is 14.0. The summed E-state index contributed by atoms with van der Waals surface area (Å²) in [6, 6.07) is 3.20. The SMILES string of the molecule is NC(=O)C(Br)Cc1cc([N+](=O)[O-])cc([N+](=O)[O-])c1. The third kappa shape index (κ3) is 3.48. The van der Waals surface area contributed by atoms with Crippen LogP contribution in [0.2, 0.25) is 0 Å². The Balaban J connectivity index is 3.15. The number of benzene rings is 1. The molecule has 1 aromatic rings. The van der Waals surface area contributed by atoms with Crippen molar-refractivity contribution in [1.29, 1.82) is 0 Å². The zero-order valence-corrected chi connectivity index (χ0v) is 10.5. The van der Waals surface area contributed by atoms with E-state index in [1.807, 2.05) is 0 Å². The molecule has 1 aromatic carbocycles. The van der Waals surface area contributed by atoms with Gasteiger partial charge in [-0.1, -0.05) is 15.9 Å². The summed E-state index contributed by atoms with van der Waals surface area (Å²) in [4.78, 5) is 29.9. The van der Waals surface area contributed by atoms with Gasteiger partial charge < -0.3 is 5.73 Å². The number of carbonyl (C=O) groups excluding carboxylic acids is 1. The molecule has 0 aliphatic carbocycles. The summed E-state index contributed by atoms with van der Waals surface area (Å²) < 4.78 is 0. The van der Waals surface area contributed by atoms with Gasteiger partial charge in [-0.15, -0.1) is 0 Å². The van der Waals surface area contributed by atoms with Crippen LogP contribution in [0.1, 0.15) is 5.56 Å². The van der Waals surface area contributed by atoms with Crippen LogP contribution in [0.5, 0.6) is 0 Å². The Morgan fingerprint density at radius 3 is 2.00 bits per heavy atom. The molecule has 9 heteroatoms. The molecule has 0 radical (unpaired) electrons. The molecule has 0 spiro atoms. The third-order valence-corrected chi connectivity index (χ3v) is 2.88. The summed E-state index contributed by atoms with van der Waals surface area (Å²) in [6.45, 7) is 0. The normalized spacial score (nSPS) is 11.8. The largest absolute Gasteiger partial charge is 0.369 e. The number of nitrogens with two attached hydrogens (primary N) is 1. The highest BCUT2D eigenvalue weighted by atomic mass is 79.9. The molecule has 18 heavy (non-hydrogen) atoms. The van der Waals surface area contributed by atoms with Gasteiger partial charge >= 0.3 is 0 Å². The highest BCUT2D eigenvalue weighted by molar-refractivity contribution is 9.10. The van der Waals surface area contributed by atoms with Crippen LogP contribution in [0, 0.1) is 20.2 Å². The summed E-state index contributed by atoms with van der Waals surface area (Å²) in [5.41, 5.74) is 4.52. The van der Waals surface area contributed by atoms with Crippen LogP contribution in [-0.2, 0) is 11.2 Å². The summed E-state index contributed by atoms with van der Waals surface area (Å²) >= 11 is 2.99. The van der Waals surface area contributed by atoms with E-state index in [1.165, 1.54) is 12.1 Å². The number of rotatable bonds is 5. The number of amides is 1. The van der Waals surface area contributed by atoms with Crippen molar-refractivity contribution in [2.24, 2.45) is 5.73 Å². The Kier molecular flexibility index (Phi) is 4.32. The van der Waals surface area contributed by atoms with Gasteiger partial charge in [-0.3, -0.25) is 25.0 Å². The molecule has 0 aliphatic heterocycles. The number of alkyl halides is 1. The Morgan fingerprint density at radius 2 is 1.67 bits per heavy atom. The minimum Gasteiger partial charge on any atom is -0.369 e. The van der Waals surface area contributed by atoms with E-state index in [0.29, 0.717) is 0 Å². The van der Waals surface area contributed by atoms with Crippen molar-refractivity contribution in [1.82, 2.24) is 0 Å². The summed E-state index contributed by atoms with van der Waals surface area (Å²) in [5.74, 6) is -0.649. The van der Waals surface area contributed by atoms with Crippen molar-refractivity contribution >= 4 is 33.2 Å². The van der Waals surface area contributed by atoms with Gasteiger partial charge in [0.1, 0.15) is 0 Å². The van der Waals surface area contributed by atoms with Crippen molar-refractivity contribution in [2.75, 3.05) is 0 Å². The average Bonchev–Trinajstić information content (AvgIpc) is 2.28. The van der Waals surface area contributed by atoms with E-state index >= 15 is 0 Å². The van der Waals surface area contributed by atoms with E-state index in [4.69, 9.17) is 5.73 Å². The van der Waals surface area contributed by atoms with Gasteiger partial charge in [0.25, 0.3) is 11.4 Å². The van der Waals surface area contributed by atoms with Crippen LogP contribution in [0.3, 0.4) is 0 Å². The average molecular weight is 318 g/mol. The monoisotopic (exact) mass is 317 g/mol. The molecule has 0 bridgehead atoms. The summed E-state index contributed by atoms with van der Waals surface area (Å²) in [5, 5.41) is 21.3. The minimum absolute atomic E-state index is 0.0395. The molecular formula is C9H8BrN3O5. The van der Waals surface area contributed by atoms with E-state index < -0.39 is 32.0 Å². The fraction of sp³-hybridized carbons (Fsp3) is 0.222. The molecule has 96 valence electrons. The first-order chi connectivity index (χ1) is 8.31. The number of halogens is 1. The Hall–Kier alpha value is -2.03. The van der Waals surface area contributed by atoms with Crippen LogP contribution in [0.4, 0.5) is 11.4 Å². The second-order valence-electron chi connectivity index (χ2n) is 3.45. The lowest BCUT2D eigenvalue weighted by molar-refractivity contribution is -0.394. The van der Waals surface area contributed by atoms with E-state index in [-0.39, 0.29) is 12.0 Å². The summed E-state index contributed by atoms with van der Waals surface area (Å²) in [6.07, 6.45) is 0.0395. The topological polar surface area (TPSA) is 129 Å². The van der Waals surface area contributed by atoms with Crippen LogP contribution < -0.4 is 5.73 Å². The number of hydrogen-bond donors (Lipinski definition) is 1. The molecule has 1 amide bonds. The number of nitro groups is 2. The van der Waals surface area contributed by atoms with E-state index in [0.717, 1.165) is 6.07 Å². The quantitative estimate of drug-likeness (QED) is 0.497. The van der Waals surface area contributed by atoms with Gasteiger partial charge in [0.05, 0.1) is 20.7 Å². The van der Waals surface area contributed by atoms with Gasteiger partial charge in [-0.2, -0.15) is 0 Å². The zero-order chi connectivity index (χ0) is 13.9. The maximum absolute atomic E-state index is 10.8. The van der Waals surface area contributed by atoms with Crippen molar-refractivity contribution < 1.29 is 14.6 Å². The van der Waals surface area contributed by atoms with E-state index in [9.17, 15) is 25.0 Å². The first-order valence-corrected chi connectivity index (χ1v) is 5.59. The second kappa shape index (κ2) is 5.54. The van der Waals surface area contributed by atoms with Gasteiger partial charge in [-0.25, -0.2) is 0 Å². The second-order valence-corrected chi connectivity index (χ2v) is 4.55. The van der Waals surface area contributed by atoms with Crippen molar-refractivity contribution in [3.63, 3.8) is 0 Å². The van der Waals surface area contributed by atoms with Crippen LogP contribution >= 0.6 is 15.9 Å². The van der Waals surface area contributed by atoms with Crippen molar-refractivity contribution in [3.05, 3.63) is 44.0 Å². The Morgan fingerprint density at radius 1 is 1.22 bits per heavy atom. The fourth-order valence-electron chi connectivity index (χ4n) is 1.29. The Labute approximate surface area is 109 Å². The number of primary amides is 1. The zero-order valence-electron chi connectivity index (χ0n) is 8.91. The number of nitrogens with zero attached hydrogens (tertiary/aromatic N) is 2. The van der Waals surface area contributed by atoms with Crippen molar-refractivity contribution in [3.8, 4) is 0 Å². The van der Waals surface area contributed by atoms with Gasteiger partial charge in [0.15, 0.2) is 0 Å². The molecule has 2 N–H and O–H groups in total. The Bertz CT molecular complexity index is 487. The molecule has 0 fully saturated rings. The predicted octanol–water partition coefficient (Wildman–Crippen LogP) is 1.29. The highest BCUT2D eigenvalue weighted by Gasteiger charge is 2.19. The van der Waals surface area contributed by atoms with Crippen LogP contribution in [0.25, 0.3) is 0 Å². The number of non-ortho nitro benzene ring substituents is 2. The maximum atomic E-state index is 10.8. The predicted molar refractivity (Wildman–Crippen MR) is 65.4 cm³/mol. The van der Waals surface area contributed by atoms with Gasteiger partial charge in [0.2, 0.25) is 5.91 Å². The first-order valence-electron chi connectivity index (χ1n) is 4.67. The highest BCUT2D eigenvalue weighted by Crippen LogP contribution is 2.24. The maximum Gasteiger partial charge on any atom is 0.276 e. The molecule has 0 aliphatic rings. The molecular weight excluding hydrogens is 310 g/mol. The van der Waals surface area contributed by atoms with E-state index in [1.54, 1.807) is 0 Å². The van der Waals surface area contributed by atoms with Crippen LogP contribution in [0.15, 0.2) is 18.2 Å². The van der Waals surface area contributed by atoms with Gasteiger partial charge in [0, 0.05) is 12.1 Å². The number of nitro benzene ring substituents is 2. The van der Waals surface area contributed by atoms with Gasteiger partial charge in [-0.05, 0) is 12.0 Å². The summed E-state index contributed by atoms with van der Waals surface area (Å²) in [7, 11) is 0. The lowest BCUT2D eigenvalue weighted by Crippen LogP contribution is -2.25. The molecule has 1 unspecified atom stereocenters. The minimum atomic E-state index is -0.737. The molecule has 0 aromatic heterocycles. The number of carbonyl (C=O) groups is 1. The van der Waals surface area contributed by atoms with Crippen LogP contribution in [-0.4, -0.2) is 20.6 Å². The molecule has 0 saturated heterocycles. The molecule has 1 atom stereocenters. The third-order valence-electron chi connectivity index (χ3n) is 2.11. The standard InChI is InChI=1S/C9H8BrN3O5/c10-8(9(11)14)3-5-1-6(12(15)16)4-7(2-5)13(17)18/h1-2,4,8H,3H2,(H2,11,14). The van der Waals surface area contributed by atoms with E-state index in [2.05, 4.69) is 15.9 Å². The number of hydrogen-bond acceptors (Lipinski definition) is 5. The smallest absolute Gasteiger partial charge is 0.276 e. The molecule has 0 saturated carbocycles. The molecule has 0 heterocycles.